The number of aromatic nitrogens is 2. The number of benzene rings is 1. The SMILES string of the molecule is CCn1cc(C(=O)Nc2ccccc2N2CCC(CO)CC2)cn1. The molecule has 1 saturated heterocycles. The van der Waals surface area contributed by atoms with Gasteiger partial charge in [0.05, 0.1) is 23.1 Å². The van der Waals surface area contributed by atoms with Crippen molar-refractivity contribution in [3.05, 3.63) is 42.2 Å². The average Bonchev–Trinajstić information content (AvgIpc) is 3.12. The van der Waals surface area contributed by atoms with E-state index in [1.807, 2.05) is 31.2 Å². The lowest BCUT2D eigenvalue weighted by molar-refractivity contribution is 0.102. The van der Waals surface area contributed by atoms with Crippen molar-refractivity contribution >= 4 is 17.3 Å². The molecule has 6 nitrogen and oxygen atoms in total. The van der Waals surface area contributed by atoms with Crippen LogP contribution in [0.4, 0.5) is 11.4 Å². The normalized spacial score (nSPS) is 15.5. The second-order valence-corrected chi connectivity index (χ2v) is 6.17. The van der Waals surface area contributed by atoms with Crippen LogP contribution in [0.3, 0.4) is 0 Å². The monoisotopic (exact) mass is 328 g/mol. The van der Waals surface area contributed by atoms with Crippen molar-refractivity contribution in [2.75, 3.05) is 29.9 Å². The minimum atomic E-state index is -0.146. The summed E-state index contributed by atoms with van der Waals surface area (Å²) in [6.45, 7) is 4.77. The van der Waals surface area contributed by atoms with E-state index in [2.05, 4.69) is 15.3 Å². The Morgan fingerprint density at radius 1 is 1.33 bits per heavy atom. The molecule has 128 valence electrons. The van der Waals surface area contributed by atoms with Crippen molar-refractivity contribution in [3.8, 4) is 0 Å². The number of nitrogens with zero attached hydrogens (tertiary/aromatic N) is 3. The highest BCUT2D eigenvalue weighted by Gasteiger charge is 2.21. The molecule has 0 spiro atoms. The third kappa shape index (κ3) is 3.59. The van der Waals surface area contributed by atoms with E-state index in [9.17, 15) is 9.90 Å². The van der Waals surface area contributed by atoms with Crippen LogP contribution in [0, 0.1) is 5.92 Å². The molecule has 1 aromatic heterocycles. The molecule has 2 aromatic rings. The lowest BCUT2D eigenvalue weighted by Crippen LogP contribution is -2.35. The van der Waals surface area contributed by atoms with Crippen molar-refractivity contribution < 1.29 is 9.90 Å². The van der Waals surface area contributed by atoms with E-state index >= 15 is 0 Å². The topological polar surface area (TPSA) is 70.4 Å². The molecular weight excluding hydrogens is 304 g/mol. The molecule has 0 atom stereocenters. The molecule has 1 fully saturated rings. The van der Waals surface area contributed by atoms with Gasteiger partial charge in [-0.1, -0.05) is 12.1 Å². The second-order valence-electron chi connectivity index (χ2n) is 6.17. The number of hydrogen-bond acceptors (Lipinski definition) is 4. The highest BCUT2D eigenvalue weighted by Crippen LogP contribution is 2.30. The Hall–Kier alpha value is -2.34. The van der Waals surface area contributed by atoms with E-state index in [0.717, 1.165) is 43.9 Å². The van der Waals surface area contributed by atoms with Gasteiger partial charge in [0.2, 0.25) is 0 Å². The summed E-state index contributed by atoms with van der Waals surface area (Å²) in [5.74, 6) is 0.246. The Morgan fingerprint density at radius 2 is 2.08 bits per heavy atom. The molecule has 1 amide bonds. The number of hydrogen-bond donors (Lipinski definition) is 2. The Kier molecular flexibility index (Phi) is 5.15. The molecule has 0 bridgehead atoms. The highest BCUT2D eigenvalue weighted by atomic mass is 16.3. The maximum atomic E-state index is 12.5. The summed E-state index contributed by atoms with van der Waals surface area (Å²) in [7, 11) is 0. The largest absolute Gasteiger partial charge is 0.396 e. The first-order chi connectivity index (χ1) is 11.7. The van der Waals surface area contributed by atoms with Crippen LogP contribution in [0.5, 0.6) is 0 Å². The molecule has 6 heteroatoms. The van der Waals surface area contributed by atoms with Gasteiger partial charge in [-0.15, -0.1) is 0 Å². The summed E-state index contributed by atoms with van der Waals surface area (Å²) >= 11 is 0. The molecule has 2 heterocycles. The van der Waals surface area contributed by atoms with Crippen molar-refractivity contribution in [1.29, 1.82) is 0 Å². The number of amides is 1. The van der Waals surface area contributed by atoms with Gasteiger partial charge >= 0.3 is 0 Å². The Labute approximate surface area is 142 Å². The van der Waals surface area contributed by atoms with E-state index in [1.54, 1.807) is 17.1 Å². The zero-order chi connectivity index (χ0) is 16.9. The fourth-order valence-electron chi connectivity index (χ4n) is 3.06. The number of anilines is 2. The summed E-state index contributed by atoms with van der Waals surface area (Å²) in [6.07, 6.45) is 5.29. The third-order valence-corrected chi connectivity index (χ3v) is 4.59. The van der Waals surface area contributed by atoms with Crippen LogP contribution in [0.1, 0.15) is 30.1 Å². The van der Waals surface area contributed by atoms with Crippen LogP contribution in [-0.4, -0.2) is 40.5 Å². The van der Waals surface area contributed by atoms with Gasteiger partial charge in [0.25, 0.3) is 5.91 Å². The Morgan fingerprint density at radius 3 is 2.75 bits per heavy atom. The predicted molar refractivity (Wildman–Crippen MR) is 94.3 cm³/mol. The first kappa shape index (κ1) is 16.5. The number of carbonyl (C=O) groups is 1. The quantitative estimate of drug-likeness (QED) is 0.884. The summed E-state index contributed by atoms with van der Waals surface area (Å²) < 4.78 is 1.74. The number of aryl methyl sites for hydroxylation is 1. The van der Waals surface area contributed by atoms with Crippen molar-refractivity contribution in [1.82, 2.24) is 9.78 Å². The number of para-hydroxylation sites is 2. The molecule has 1 aliphatic heterocycles. The maximum absolute atomic E-state index is 12.5. The predicted octanol–water partition coefficient (Wildman–Crippen LogP) is 2.36. The zero-order valence-electron chi connectivity index (χ0n) is 14.0. The van der Waals surface area contributed by atoms with Crippen molar-refractivity contribution in [3.63, 3.8) is 0 Å². The number of carbonyl (C=O) groups excluding carboxylic acids is 1. The number of nitrogens with one attached hydrogen (secondary N) is 1. The van der Waals surface area contributed by atoms with E-state index in [4.69, 9.17) is 0 Å². The van der Waals surface area contributed by atoms with Crippen molar-refractivity contribution in [2.24, 2.45) is 5.92 Å². The molecule has 3 rings (SSSR count). The van der Waals surface area contributed by atoms with E-state index in [-0.39, 0.29) is 12.5 Å². The fourth-order valence-corrected chi connectivity index (χ4v) is 3.06. The molecule has 0 unspecified atom stereocenters. The van der Waals surface area contributed by atoms with Crippen LogP contribution in [0.15, 0.2) is 36.7 Å². The van der Waals surface area contributed by atoms with Gasteiger partial charge in [0.1, 0.15) is 0 Å². The van der Waals surface area contributed by atoms with Crippen molar-refractivity contribution in [2.45, 2.75) is 26.3 Å². The smallest absolute Gasteiger partial charge is 0.258 e. The van der Waals surface area contributed by atoms with Gasteiger partial charge < -0.3 is 15.3 Å². The summed E-state index contributed by atoms with van der Waals surface area (Å²) in [4.78, 5) is 14.7. The van der Waals surface area contributed by atoms with Crippen LogP contribution in [0.2, 0.25) is 0 Å². The van der Waals surface area contributed by atoms with Gasteiger partial charge in [-0.2, -0.15) is 5.10 Å². The molecule has 0 aliphatic carbocycles. The second kappa shape index (κ2) is 7.49. The highest BCUT2D eigenvalue weighted by molar-refractivity contribution is 6.05. The van der Waals surface area contributed by atoms with Crippen LogP contribution < -0.4 is 10.2 Å². The first-order valence-electron chi connectivity index (χ1n) is 8.50. The summed E-state index contributed by atoms with van der Waals surface area (Å²) in [5, 5.41) is 16.4. The number of aliphatic hydroxyl groups excluding tert-OH is 1. The van der Waals surface area contributed by atoms with Crippen LogP contribution >= 0.6 is 0 Å². The minimum Gasteiger partial charge on any atom is -0.396 e. The molecule has 24 heavy (non-hydrogen) atoms. The number of piperidine rings is 1. The Balaban J connectivity index is 1.73. The average molecular weight is 328 g/mol. The zero-order valence-corrected chi connectivity index (χ0v) is 14.0. The summed E-state index contributed by atoms with van der Waals surface area (Å²) in [6, 6.07) is 7.87. The van der Waals surface area contributed by atoms with Gasteiger partial charge in [0, 0.05) is 32.4 Å². The van der Waals surface area contributed by atoms with E-state index in [1.165, 1.54) is 0 Å². The molecular formula is C18H24N4O2. The number of rotatable bonds is 5. The standard InChI is InChI=1S/C18H24N4O2/c1-2-22-12-15(11-19-22)18(24)20-16-5-3-4-6-17(16)21-9-7-14(13-23)8-10-21/h3-6,11-12,14,23H,2,7-10,13H2,1H3,(H,20,24). The first-order valence-corrected chi connectivity index (χ1v) is 8.50. The third-order valence-electron chi connectivity index (χ3n) is 4.59. The van der Waals surface area contributed by atoms with Gasteiger partial charge in [-0.25, -0.2) is 0 Å². The van der Waals surface area contributed by atoms with Crippen LogP contribution in [-0.2, 0) is 6.54 Å². The lowest BCUT2D eigenvalue weighted by atomic mass is 9.97. The van der Waals surface area contributed by atoms with Gasteiger partial charge in [0.15, 0.2) is 0 Å². The van der Waals surface area contributed by atoms with Crippen LogP contribution in [0.25, 0.3) is 0 Å². The number of aliphatic hydroxyl groups is 1. The maximum Gasteiger partial charge on any atom is 0.258 e. The molecule has 0 saturated carbocycles. The molecule has 1 aromatic carbocycles. The lowest BCUT2D eigenvalue weighted by Gasteiger charge is -2.34. The summed E-state index contributed by atoms with van der Waals surface area (Å²) in [5.41, 5.74) is 2.41. The van der Waals surface area contributed by atoms with Gasteiger partial charge in [-0.3, -0.25) is 9.48 Å². The van der Waals surface area contributed by atoms with E-state index in [0.29, 0.717) is 11.5 Å². The fraction of sp³-hybridized carbons (Fsp3) is 0.444. The molecule has 1 aliphatic rings. The molecule has 2 N–H and O–H groups in total. The molecule has 0 radical (unpaired) electrons. The van der Waals surface area contributed by atoms with E-state index < -0.39 is 0 Å². The minimum absolute atomic E-state index is 0.146. The van der Waals surface area contributed by atoms with Gasteiger partial charge in [-0.05, 0) is 37.8 Å². The Bertz CT molecular complexity index is 690.